The van der Waals surface area contributed by atoms with Gasteiger partial charge in [-0.3, -0.25) is 0 Å². The zero-order valence-corrected chi connectivity index (χ0v) is 35.9. The molecular weight excluding hydrogens is 717 g/mol. The summed E-state index contributed by atoms with van der Waals surface area (Å²) in [7, 11) is 0. The average Bonchev–Trinajstić information content (AvgIpc) is 3.64. The van der Waals surface area contributed by atoms with Crippen LogP contribution in [-0.4, -0.2) is 9.13 Å². The Morgan fingerprint density at radius 2 is 0.707 bits per heavy atom. The maximum atomic E-state index is 16.8. The van der Waals surface area contributed by atoms with Crippen molar-refractivity contribution in [2.45, 2.75) is 105 Å². The van der Waals surface area contributed by atoms with Crippen LogP contribution in [0, 0.1) is 23.0 Å². The summed E-state index contributed by atoms with van der Waals surface area (Å²) in [6.45, 7) is 26.3. The van der Waals surface area contributed by atoms with Crippen LogP contribution in [0.4, 0.5) is 8.78 Å². The molecule has 0 amide bonds. The van der Waals surface area contributed by atoms with Gasteiger partial charge in [0.2, 0.25) is 0 Å². The molecule has 0 spiro atoms. The fourth-order valence-electron chi connectivity index (χ4n) is 8.44. The van der Waals surface area contributed by atoms with E-state index in [2.05, 4.69) is 171 Å². The van der Waals surface area contributed by atoms with E-state index in [1.54, 1.807) is 0 Å². The first-order chi connectivity index (χ1) is 27.1. The van der Waals surface area contributed by atoms with Crippen molar-refractivity contribution in [3.05, 3.63) is 143 Å². The molecule has 0 bridgehead atoms. The zero-order valence-electron chi connectivity index (χ0n) is 35.9. The smallest absolute Gasteiger partial charge is 0.134 e. The van der Waals surface area contributed by atoms with Crippen molar-refractivity contribution >= 4 is 43.6 Å². The van der Waals surface area contributed by atoms with Gasteiger partial charge in [-0.05, 0) is 92.4 Å². The molecule has 294 valence electrons. The number of rotatable bonds is 3. The zero-order chi connectivity index (χ0) is 41.9. The third-order valence-corrected chi connectivity index (χ3v) is 11.9. The second-order valence-electron chi connectivity index (χ2n) is 20.2. The van der Waals surface area contributed by atoms with E-state index >= 15 is 8.78 Å². The predicted molar refractivity (Wildman–Crippen MR) is 240 cm³/mol. The number of nitrogens with zero attached hydrogens (tertiary/aromatic N) is 3. The topological polar surface area (TPSA) is 33.6 Å². The van der Waals surface area contributed by atoms with E-state index in [1.165, 1.54) is 18.2 Å². The lowest BCUT2D eigenvalue weighted by Gasteiger charge is -2.24. The summed E-state index contributed by atoms with van der Waals surface area (Å²) >= 11 is 0. The number of benzene rings is 6. The minimum Gasteiger partial charge on any atom is -0.308 e. The highest BCUT2D eigenvalue weighted by Crippen LogP contribution is 2.46. The van der Waals surface area contributed by atoms with Crippen LogP contribution in [0.25, 0.3) is 66.1 Å². The van der Waals surface area contributed by atoms with E-state index in [0.29, 0.717) is 22.5 Å². The molecule has 0 unspecified atom stereocenters. The first kappa shape index (κ1) is 39.1. The van der Waals surface area contributed by atoms with Gasteiger partial charge in [-0.15, -0.1) is 0 Å². The van der Waals surface area contributed by atoms with Crippen molar-refractivity contribution < 1.29 is 8.78 Å². The van der Waals surface area contributed by atoms with Gasteiger partial charge in [0, 0.05) is 27.1 Å². The molecule has 0 aliphatic heterocycles. The number of halogens is 2. The Bertz CT molecular complexity index is 2680. The molecule has 6 aromatic carbocycles. The van der Waals surface area contributed by atoms with Crippen LogP contribution < -0.4 is 0 Å². The van der Waals surface area contributed by atoms with Crippen molar-refractivity contribution in [2.75, 3.05) is 0 Å². The molecule has 0 N–H and O–H groups in total. The normalized spacial score (nSPS) is 13.0. The Morgan fingerprint density at radius 3 is 0.966 bits per heavy atom. The molecule has 5 heteroatoms. The van der Waals surface area contributed by atoms with E-state index in [4.69, 9.17) is 0 Å². The van der Waals surface area contributed by atoms with E-state index in [9.17, 15) is 5.26 Å². The molecule has 8 aromatic rings. The number of nitriles is 1. The molecule has 0 aliphatic rings. The van der Waals surface area contributed by atoms with E-state index < -0.39 is 11.6 Å². The molecule has 0 saturated heterocycles. The van der Waals surface area contributed by atoms with Gasteiger partial charge in [-0.1, -0.05) is 138 Å². The molecule has 2 heterocycles. The van der Waals surface area contributed by atoms with Gasteiger partial charge >= 0.3 is 0 Å². The standard InChI is InChI=1S/C53H53F2N3/c1-50(2,3)32-16-20-36-37-21-17-33(51(4,5)6)27-43(37)57(42(36)26-32)46-24-31(30-56)25-47(49(46)48-40(54)14-13-15-41(48)55)58-44-28-34(52(7,8)9)18-22-38(44)39-23-19-35(29-45(39)58)53(10,11)12/h13-29H,1-12H3. The SMILES string of the molecule is CC(C)(C)c1ccc2c3ccc(C(C)(C)C)cc3n(-c3cc(C#N)cc(-n4c5cc(C(C)(C)C)ccc5c5ccc(C(C)(C)C)cc54)c3-c3c(F)cccc3F)c2c1. The van der Waals surface area contributed by atoms with Gasteiger partial charge in [0.1, 0.15) is 11.6 Å². The van der Waals surface area contributed by atoms with E-state index in [0.717, 1.165) is 65.9 Å². The van der Waals surface area contributed by atoms with Gasteiger partial charge < -0.3 is 9.13 Å². The quantitative estimate of drug-likeness (QED) is 0.176. The molecule has 0 fully saturated rings. The maximum absolute atomic E-state index is 16.8. The highest BCUT2D eigenvalue weighted by Gasteiger charge is 2.29. The lowest BCUT2D eigenvalue weighted by Crippen LogP contribution is -2.12. The maximum Gasteiger partial charge on any atom is 0.134 e. The molecule has 0 aliphatic carbocycles. The molecule has 0 atom stereocenters. The van der Waals surface area contributed by atoms with Crippen molar-refractivity contribution in [3.8, 4) is 28.6 Å². The highest BCUT2D eigenvalue weighted by molar-refractivity contribution is 6.12. The third kappa shape index (κ3) is 6.38. The lowest BCUT2D eigenvalue weighted by atomic mass is 9.86. The molecule has 3 nitrogen and oxygen atoms in total. The summed E-state index contributed by atoms with van der Waals surface area (Å²) in [5, 5.41) is 15.0. The Labute approximate surface area is 341 Å². The Balaban J connectivity index is 1.66. The van der Waals surface area contributed by atoms with Crippen LogP contribution in [-0.2, 0) is 21.7 Å². The van der Waals surface area contributed by atoms with Crippen molar-refractivity contribution in [1.82, 2.24) is 9.13 Å². The Hall–Kier alpha value is -5.73. The molecular formula is C53H53F2N3. The van der Waals surface area contributed by atoms with Crippen LogP contribution in [0.2, 0.25) is 0 Å². The third-order valence-electron chi connectivity index (χ3n) is 11.9. The van der Waals surface area contributed by atoms with Crippen molar-refractivity contribution in [3.63, 3.8) is 0 Å². The second-order valence-corrected chi connectivity index (χ2v) is 20.2. The number of hydrogen-bond acceptors (Lipinski definition) is 1. The monoisotopic (exact) mass is 769 g/mol. The van der Waals surface area contributed by atoms with Crippen LogP contribution in [0.5, 0.6) is 0 Å². The van der Waals surface area contributed by atoms with Gasteiger partial charge in [0.05, 0.1) is 50.6 Å². The summed E-state index contributed by atoms with van der Waals surface area (Å²) in [5.74, 6) is -1.35. The molecule has 0 saturated carbocycles. The molecule has 8 rings (SSSR count). The lowest BCUT2D eigenvalue weighted by molar-refractivity contribution is 0.589. The highest BCUT2D eigenvalue weighted by atomic mass is 19.1. The number of fused-ring (bicyclic) bond motifs is 6. The molecule has 0 radical (unpaired) electrons. The molecule has 2 aromatic heterocycles. The summed E-state index contributed by atoms with van der Waals surface area (Å²) in [6.07, 6.45) is 0. The minimum absolute atomic E-state index is 0.139. The van der Waals surface area contributed by atoms with Gasteiger partial charge in [-0.2, -0.15) is 5.26 Å². The fourth-order valence-corrected chi connectivity index (χ4v) is 8.44. The first-order valence-electron chi connectivity index (χ1n) is 20.3. The summed E-state index contributed by atoms with van der Waals surface area (Å²) in [5.41, 5.74) is 9.09. The van der Waals surface area contributed by atoms with Gasteiger partial charge in [0.15, 0.2) is 0 Å². The summed E-state index contributed by atoms with van der Waals surface area (Å²) < 4.78 is 37.8. The Morgan fingerprint density at radius 1 is 0.414 bits per heavy atom. The van der Waals surface area contributed by atoms with Crippen LogP contribution in [0.15, 0.2) is 103 Å². The summed E-state index contributed by atoms with van der Waals surface area (Å²) in [6, 6.07) is 36.3. The van der Waals surface area contributed by atoms with Crippen LogP contribution >= 0.6 is 0 Å². The van der Waals surface area contributed by atoms with Gasteiger partial charge in [0.25, 0.3) is 0 Å². The summed E-state index contributed by atoms with van der Waals surface area (Å²) in [4.78, 5) is 0. The number of aromatic nitrogens is 2. The number of hydrogen-bond donors (Lipinski definition) is 0. The van der Waals surface area contributed by atoms with Crippen LogP contribution in [0.3, 0.4) is 0 Å². The Kier molecular flexibility index (Phi) is 8.87. The average molecular weight is 770 g/mol. The largest absolute Gasteiger partial charge is 0.308 e. The van der Waals surface area contributed by atoms with Crippen molar-refractivity contribution in [1.29, 1.82) is 5.26 Å². The minimum atomic E-state index is -0.676. The van der Waals surface area contributed by atoms with E-state index in [-0.39, 0.29) is 27.2 Å². The van der Waals surface area contributed by atoms with Crippen LogP contribution in [0.1, 0.15) is 111 Å². The first-order valence-corrected chi connectivity index (χ1v) is 20.3. The molecule has 58 heavy (non-hydrogen) atoms. The fraction of sp³-hybridized carbons (Fsp3) is 0.302. The predicted octanol–water partition coefficient (Wildman–Crippen LogP) is 14.9. The van der Waals surface area contributed by atoms with E-state index in [1.807, 2.05) is 12.1 Å². The second kappa shape index (κ2) is 13.1. The van der Waals surface area contributed by atoms with Crippen molar-refractivity contribution in [2.24, 2.45) is 0 Å². The van der Waals surface area contributed by atoms with Gasteiger partial charge in [-0.25, -0.2) is 8.78 Å².